The molecule has 0 N–H and O–H groups in total. The van der Waals surface area contributed by atoms with Gasteiger partial charge < -0.3 is 0 Å². The number of rotatable bonds is 17. The first-order valence-electron chi connectivity index (χ1n) is 13.9. The van der Waals surface area contributed by atoms with Crippen LogP contribution in [0.3, 0.4) is 0 Å². The van der Waals surface area contributed by atoms with Gasteiger partial charge in [-0.2, -0.15) is 0 Å². The van der Waals surface area contributed by atoms with Crippen molar-refractivity contribution in [3.8, 4) is 0 Å². The molecular formula is C30H62. The van der Waals surface area contributed by atoms with Gasteiger partial charge in [0, 0.05) is 0 Å². The van der Waals surface area contributed by atoms with Crippen LogP contribution in [-0.2, 0) is 0 Å². The summed E-state index contributed by atoms with van der Waals surface area (Å²) in [5, 5.41) is 0. The minimum atomic E-state index is 0.793. The third kappa shape index (κ3) is 11.0. The summed E-state index contributed by atoms with van der Waals surface area (Å²) < 4.78 is 0. The van der Waals surface area contributed by atoms with E-state index in [4.69, 9.17) is 0 Å². The van der Waals surface area contributed by atoms with Crippen LogP contribution in [0.2, 0.25) is 0 Å². The van der Waals surface area contributed by atoms with E-state index in [0.29, 0.717) is 0 Å². The second-order valence-electron chi connectivity index (χ2n) is 12.2. The van der Waals surface area contributed by atoms with E-state index in [2.05, 4.69) is 83.1 Å². The van der Waals surface area contributed by atoms with Crippen LogP contribution < -0.4 is 0 Å². The highest BCUT2D eigenvalue weighted by molar-refractivity contribution is 4.79. The van der Waals surface area contributed by atoms with Gasteiger partial charge in [-0.15, -0.1) is 0 Å². The molecule has 0 heteroatoms. The van der Waals surface area contributed by atoms with Crippen molar-refractivity contribution in [3.63, 3.8) is 0 Å². The molecule has 0 aromatic rings. The molecule has 30 heavy (non-hydrogen) atoms. The highest BCUT2D eigenvalue weighted by Gasteiger charge is 2.30. The van der Waals surface area contributed by atoms with Gasteiger partial charge in [-0.3, -0.25) is 0 Å². The molecule has 0 aliphatic rings. The van der Waals surface area contributed by atoms with E-state index in [1.807, 2.05) is 0 Å². The zero-order chi connectivity index (χ0) is 23.4. The molecular weight excluding hydrogens is 360 g/mol. The molecule has 0 spiro atoms. The molecule has 0 heterocycles. The van der Waals surface area contributed by atoms with Crippen molar-refractivity contribution in [2.24, 2.45) is 59.2 Å². The summed E-state index contributed by atoms with van der Waals surface area (Å²) in [4.78, 5) is 0. The zero-order valence-electron chi connectivity index (χ0n) is 23.4. The Morgan fingerprint density at radius 3 is 1.27 bits per heavy atom. The van der Waals surface area contributed by atoms with Crippen LogP contribution >= 0.6 is 0 Å². The molecule has 0 amide bonds. The minimum Gasteiger partial charge on any atom is -0.0651 e. The second-order valence-corrected chi connectivity index (χ2v) is 12.2. The molecule has 0 fully saturated rings. The molecule has 0 nitrogen and oxygen atoms in total. The van der Waals surface area contributed by atoms with E-state index < -0.39 is 0 Å². The van der Waals surface area contributed by atoms with Gasteiger partial charge in [-0.05, 0) is 59.2 Å². The van der Waals surface area contributed by atoms with E-state index in [9.17, 15) is 0 Å². The van der Waals surface area contributed by atoms with E-state index in [1.165, 1.54) is 51.4 Å². The van der Waals surface area contributed by atoms with Crippen LogP contribution in [0, 0.1) is 59.2 Å². The fourth-order valence-corrected chi connectivity index (χ4v) is 5.32. The molecule has 0 radical (unpaired) electrons. The largest absolute Gasteiger partial charge is 0.0651 e. The van der Waals surface area contributed by atoms with Crippen LogP contribution in [0.4, 0.5) is 0 Å². The summed E-state index contributed by atoms with van der Waals surface area (Å²) in [7, 11) is 0. The maximum atomic E-state index is 2.53. The Kier molecular flexibility index (Phi) is 15.7. The lowest BCUT2D eigenvalue weighted by molar-refractivity contribution is 0.118. The third-order valence-corrected chi connectivity index (χ3v) is 9.86. The summed E-state index contributed by atoms with van der Waals surface area (Å²) in [5.74, 6) is 8.46. The lowest BCUT2D eigenvalue weighted by atomic mass is 9.68. The van der Waals surface area contributed by atoms with E-state index >= 15 is 0 Å². The predicted molar refractivity (Wildman–Crippen MR) is 140 cm³/mol. The van der Waals surface area contributed by atoms with Crippen molar-refractivity contribution in [3.05, 3.63) is 0 Å². The molecule has 0 saturated heterocycles. The highest BCUT2D eigenvalue weighted by atomic mass is 14.4. The maximum Gasteiger partial charge on any atom is -0.0386 e. The number of unbranched alkanes of at least 4 members (excludes halogenated alkanes) is 1. The fourth-order valence-electron chi connectivity index (χ4n) is 5.32. The van der Waals surface area contributed by atoms with Gasteiger partial charge in [-0.25, -0.2) is 0 Å². The van der Waals surface area contributed by atoms with Gasteiger partial charge in [-0.1, -0.05) is 134 Å². The maximum absolute atomic E-state index is 2.53. The van der Waals surface area contributed by atoms with Gasteiger partial charge in [0.05, 0.1) is 0 Å². The van der Waals surface area contributed by atoms with Crippen LogP contribution in [0.25, 0.3) is 0 Å². The quantitative estimate of drug-likeness (QED) is 0.204. The van der Waals surface area contributed by atoms with Gasteiger partial charge >= 0.3 is 0 Å². The first-order chi connectivity index (χ1) is 13.9. The Bertz CT molecular complexity index is 397. The first kappa shape index (κ1) is 30.0. The standard InChI is InChI=1S/C30H62/c1-13-22(4)17-16-20-24(6)23(5)18-14-15-19-25(7)27(9)29(11)30(12)28(10)26(8)21(2)3/h21-30H,13-20H2,1-12H3. The number of hydrogen-bond donors (Lipinski definition) is 0. The van der Waals surface area contributed by atoms with E-state index in [0.717, 1.165) is 59.2 Å². The summed E-state index contributed by atoms with van der Waals surface area (Å²) in [6.45, 7) is 29.5. The smallest absolute Gasteiger partial charge is 0.0386 e. The van der Waals surface area contributed by atoms with Crippen molar-refractivity contribution >= 4 is 0 Å². The summed E-state index contributed by atoms with van der Waals surface area (Å²) in [6, 6.07) is 0. The molecule has 0 aromatic heterocycles. The Hall–Kier alpha value is 0. The van der Waals surface area contributed by atoms with E-state index in [1.54, 1.807) is 0 Å². The monoisotopic (exact) mass is 422 g/mol. The van der Waals surface area contributed by atoms with Gasteiger partial charge in [0.2, 0.25) is 0 Å². The van der Waals surface area contributed by atoms with Gasteiger partial charge in [0.1, 0.15) is 0 Å². The lowest BCUT2D eigenvalue weighted by Gasteiger charge is -2.37. The van der Waals surface area contributed by atoms with Crippen LogP contribution in [-0.4, -0.2) is 0 Å². The molecule has 9 unspecified atom stereocenters. The Morgan fingerprint density at radius 2 is 0.800 bits per heavy atom. The third-order valence-electron chi connectivity index (χ3n) is 9.86. The Morgan fingerprint density at radius 1 is 0.400 bits per heavy atom. The van der Waals surface area contributed by atoms with Crippen molar-refractivity contribution in [1.82, 2.24) is 0 Å². The van der Waals surface area contributed by atoms with Crippen molar-refractivity contribution < 1.29 is 0 Å². The van der Waals surface area contributed by atoms with Crippen LogP contribution in [0.1, 0.15) is 134 Å². The Labute approximate surface area is 193 Å². The molecule has 0 aliphatic heterocycles. The van der Waals surface area contributed by atoms with Crippen molar-refractivity contribution in [2.45, 2.75) is 134 Å². The zero-order valence-corrected chi connectivity index (χ0v) is 23.4. The Balaban J connectivity index is 4.23. The summed E-state index contributed by atoms with van der Waals surface area (Å²) in [5.41, 5.74) is 0. The van der Waals surface area contributed by atoms with Crippen molar-refractivity contribution in [1.29, 1.82) is 0 Å². The summed E-state index contributed by atoms with van der Waals surface area (Å²) >= 11 is 0. The van der Waals surface area contributed by atoms with Gasteiger partial charge in [0.25, 0.3) is 0 Å². The molecule has 0 bridgehead atoms. The average Bonchev–Trinajstić information content (AvgIpc) is 2.72. The first-order valence-corrected chi connectivity index (χ1v) is 13.9. The number of hydrogen-bond acceptors (Lipinski definition) is 0. The molecule has 9 atom stereocenters. The topological polar surface area (TPSA) is 0 Å². The lowest BCUT2D eigenvalue weighted by Crippen LogP contribution is -2.30. The molecule has 0 aromatic carbocycles. The fraction of sp³-hybridized carbons (Fsp3) is 1.00. The molecule has 0 rings (SSSR count). The SMILES string of the molecule is CCC(C)CCCC(C)C(C)CCCCC(C)C(C)C(C)C(C)C(C)C(C)C(C)C. The second kappa shape index (κ2) is 15.7. The summed E-state index contributed by atoms with van der Waals surface area (Å²) in [6.07, 6.45) is 11.3. The molecule has 0 saturated carbocycles. The molecule has 0 aliphatic carbocycles. The van der Waals surface area contributed by atoms with E-state index in [-0.39, 0.29) is 0 Å². The van der Waals surface area contributed by atoms with Crippen LogP contribution in [0.15, 0.2) is 0 Å². The average molecular weight is 423 g/mol. The van der Waals surface area contributed by atoms with Gasteiger partial charge in [0.15, 0.2) is 0 Å². The van der Waals surface area contributed by atoms with Crippen molar-refractivity contribution in [2.75, 3.05) is 0 Å². The normalized spacial score (nSPS) is 21.5. The predicted octanol–water partition coefficient (Wildman–Crippen LogP) is 10.5. The molecule has 182 valence electrons. The van der Waals surface area contributed by atoms with Crippen LogP contribution in [0.5, 0.6) is 0 Å². The highest BCUT2D eigenvalue weighted by Crippen LogP contribution is 2.37. The minimum absolute atomic E-state index is 0.793.